The topological polar surface area (TPSA) is 108 Å². The number of nitriles is 1. The zero-order valence-electron chi connectivity index (χ0n) is 21.9. The molecular weight excluding hydrogens is 540 g/mol. The van der Waals surface area contributed by atoms with Gasteiger partial charge in [0.1, 0.15) is 41.1 Å². The molecule has 0 radical (unpaired) electrons. The summed E-state index contributed by atoms with van der Waals surface area (Å²) in [5.74, 6) is 0.301. The molecule has 2 N–H and O–H groups in total. The van der Waals surface area contributed by atoms with Gasteiger partial charge in [-0.15, -0.1) is 0 Å². The number of benzene rings is 4. The first-order chi connectivity index (χ1) is 19.9. The monoisotopic (exact) mass is 562 g/mol. The van der Waals surface area contributed by atoms with E-state index in [0.29, 0.717) is 39.8 Å². The van der Waals surface area contributed by atoms with Crippen LogP contribution in [0.3, 0.4) is 0 Å². The van der Waals surface area contributed by atoms with Crippen molar-refractivity contribution >= 4 is 28.5 Å². The Labute approximate surface area is 240 Å². The molecular formula is C33H23ClN2O5. The Morgan fingerprint density at radius 1 is 1.00 bits per heavy atom. The predicted octanol–water partition coefficient (Wildman–Crippen LogP) is 7.41. The van der Waals surface area contributed by atoms with Gasteiger partial charge in [0.25, 0.3) is 0 Å². The zero-order valence-corrected chi connectivity index (χ0v) is 22.6. The fourth-order valence-electron chi connectivity index (χ4n) is 4.90. The van der Waals surface area contributed by atoms with Crippen molar-refractivity contribution < 1.29 is 23.4 Å². The Balaban J connectivity index is 1.25. The first-order valence-electron chi connectivity index (χ1n) is 12.8. The van der Waals surface area contributed by atoms with E-state index in [4.69, 9.17) is 36.0 Å². The predicted molar refractivity (Wildman–Crippen MR) is 154 cm³/mol. The maximum Gasteiger partial charge on any atom is 0.379 e. The number of furan rings is 1. The lowest BCUT2D eigenvalue weighted by molar-refractivity contribution is 0.0702. The Hall–Kier alpha value is -5.19. The number of carbonyl (C=O) groups excluding carboxylic acids is 1. The minimum Gasteiger partial charge on any atom is -0.489 e. The van der Waals surface area contributed by atoms with Crippen molar-refractivity contribution in [1.82, 2.24) is 0 Å². The fourth-order valence-corrected chi connectivity index (χ4v) is 5.09. The van der Waals surface area contributed by atoms with Crippen molar-refractivity contribution in [2.75, 3.05) is 0 Å². The third-order valence-corrected chi connectivity index (χ3v) is 7.36. The number of hydrogen-bond donors (Lipinski definition) is 1. The molecule has 202 valence electrons. The molecule has 8 heteroatoms. The van der Waals surface area contributed by atoms with Crippen LogP contribution in [0.15, 0.2) is 107 Å². The summed E-state index contributed by atoms with van der Waals surface area (Å²) >= 11 is 6.23. The van der Waals surface area contributed by atoms with E-state index < -0.39 is 11.9 Å². The van der Waals surface area contributed by atoms with Crippen LogP contribution in [0.1, 0.15) is 38.7 Å². The maximum atomic E-state index is 13.0. The van der Waals surface area contributed by atoms with Crippen molar-refractivity contribution in [3.8, 4) is 23.3 Å². The summed E-state index contributed by atoms with van der Waals surface area (Å²) in [4.78, 5) is 13.0. The number of para-hydroxylation sites is 1. The van der Waals surface area contributed by atoms with Gasteiger partial charge in [-0.3, -0.25) is 0 Å². The molecule has 0 amide bonds. The zero-order chi connectivity index (χ0) is 28.5. The molecule has 0 bridgehead atoms. The van der Waals surface area contributed by atoms with Gasteiger partial charge in [-0.1, -0.05) is 66.2 Å². The molecule has 0 saturated heterocycles. The maximum absolute atomic E-state index is 13.0. The summed E-state index contributed by atoms with van der Waals surface area (Å²) in [5, 5.41) is 11.4. The summed E-state index contributed by atoms with van der Waals surface area (Å²) in [6.45, 7) is 2.13. The summed E-state index contributed by atoms with van der Waals surface area (Å²) in [7, 11) is 0. The number of carbonyl (C=O) groups is 1. The third kappa shape index (κ3) is 4.97. The van der Waals surface area contributed by atoms with Gasteiger partial charge in [0.2, 0.25) is 11.6 Å². The Morgan fingerprint density at radius 2 is 1.73 bits per heavy atom. The molecule has 41 heavy (non-hydrogen) atoms. The van der Waals surface area contributed by atoms with E-state index in [1.807, 2.05) is 73.7 Å². The second kappa shape index (κ2) is 10.8. The van der Waals surface area contributed by atoms with Crippen molar-refractivity contribution in [1.29, 1.82) is 5.26 Å². The molecule has 5 aromatic rings. The number of esters is 1. The van der Waals surface area contributed by atoms with E-state index in [2.05, 4.69) is 6.07 Å². The summed E-state index contributed by atoms with van der Waals surface area (Å²) in [5.41, 5.74) is 10.2. The molecule has 0 fully saturated rings. The van der Waals surface area contributed by atoms with Gasteiger partial charge in [0.05, 0.1) is 5.92 Å². The van der Waals surface area contributed by atoms with Gasteiger partial charge in [-0.25, -0.2) is 4.79 Å². The fraction of sp³-hybridized carbons (Fsp3) is 0.0909. The number of nitrogens with zero attached hydrogens (tertiary/aromatic N) is 1. The highest BCUT2D eigenvalue weighted by molar-refractivity contribution is 6.31. The number of aryl methyl sites for hydroxylation is 1. The number of rotatable bonds is 6. The quantitative estimate of drug-likeness (QED) is 0.169. The first-order valence-corrected chi connectivity index (χ1v) is 13.2. The van der Waals surface area contributed by atoms with E-state index >= 15 is 0 Å². The van der Waals surface area contributed by atoms with Crippen molar-refractivity contribution in [3.05, 3.63) is 135 Å². The molecule has 0 aliphatic carbocycles. The average molecular weight is 563 g/mol. The van der Waals surface area contributed by atoms with Crippen LogP contribution in [0, 0.1) is 18.3 Å². The summed E-state index contributed by atoms with van der Waals surface area (Å²) in [6.07, 6.45) is 0. The van der Waals surface area contributed by atoms with Crippen LogP contribution < -0.4 is 19.9 Å². The van der Waals surface area contributed by atoms with Crippen LogP contribution in [0.5, 0.6) is 17.2 Å². The van der Waals surface area contributed by atoms with E-state index in [1.54, 1.807) is 24.3 Å². The summed E-state index contributed by atoms with van der Waals surface area (Å²) in [6, 6.07) is 29.5. The normalized spacial score (nSPS) is 14.2. The number of ether oxygens (including phenoxy) is 3. The molecule has 0 spiro atoms. The van der Waals surface area contributed by atoms with Crippen molar-refractivity contribution in [2.24, 2.45) is 5.73 Å². The number of fused-ring (bicyclic) bond motifs is 2. The van der Waals surface area contributed by atoms with E-state index in [9.17, 15) is 10.1 Å². The highest BCUT2D eigenvalue weighted by atomic mass is 35.5. The highest BCUT2D eigenvalue weighted by Gasteiger charge is 2.31. The number of allylic oxidation sites excluding steroid dienone is 1. The van der Waals surface area contributed by atoms with E-state index in [1.165, 1.54) is 0 Å². The van der Waals surface area contributed by atoms with Gasteiger partial charge in [0.15, 0.2) is 0 Å². The molecule has 1 aliphatic rings. The first kappa shape index (κ1) is 26.1. The average Bonchev–Trinajstić information content (AvgIpc) is 3.33. The van der Waals surface area contributed by atoms with E-state index in [-0.39, 0.29) is 23.0 Å². The van der Waals surface area contributed by atoms with Crippen LogP contribution in [-0.4, -0.2) is 5.97 Å². The van der Waals surface area contributed by atoms with Crippen LogP contribution in [0.25, 0.3) is 11.0 Å². The number of halogens is 1. The molecule has 1 aliphatic heterocycles. The SMILES string of the molecule is Cc1c(C(=O)Oc2ccc3c(c2)OC(N)=C(C#N)C3c2ccc(OCc3ccccc3Cl)cc2)oc2ccccc12. The van der Waals surface area contributed by atoms with Crippen LogP contribution in [0.4, 0.5) is 0 Å². The highest BCUT2D eigenvalue weighted by Crippen LogP contribution is 2.44. The lowest BCUT2D eigenvalue weighted by Crippen LogP contribution is -2.21. The smallest absolute Gasteiger partial charge is 0.379 e. The van der Waals surface area contributed by atoms with Crippen LogP contribution in [0.2, 0.25) is 5.02 Å². The van der Waals surface area contributed by atoms with Crippen molar-refractivity contribution in [3.63, 3.8) is 0 Å². The van der Waals surface area contributed by atoms with Crippen LogP contribution in [-0.2, 0) is 6.61 Å². The van der Waals surface area contributed by atoms with Gasteiger partial charge in [0, 0.05) is 33.2 Å². The third-order valence-electron chi connectivity index (χ3n) is 7.00. The molecule has 4 aromatic carbocycles. The van der Waals surface area contributed by atoms with Gasteiger partial charge >= 0.3 is 5.97 Å². The number of nitrogens with two attached hydrogens (primary N) is 1. The lowest BCUT2D eigenvalue weighted by atomic mass is 9.83. The lowest BCUT2D eigenvalue weighted by Gasteiger charge is -2.26. The van der Waals surface area contributed by atoms with Gasteiger partial charge in [-0.05, 0) is 42.8 Å². The van der Waals surface area contributed by atoms with Crippen LogP contribution >= 0.6 is 11.6 Å². The Morgan fingerprint density at radius 3 is 2.49 bits per heavy atom. The Kier molecular flexibility index (Phi) is 6.84. The molecule has 1 unspecified atom stereocenters. The summed E-state index contributed by atoms with van der Waals surface area (Å²) < 4.78 is 23.1. The molecule has 6 rings (SSSR count). The molecule has 2 heterocycles. The Bertz CT molecular complexity index is 1870. The van der Waals surface area contributed by atoms with E-state index in [0.717, 1.165) is 16.5 Å². The second-order valence-corrected chi connectivity index (χ2v) is 9.92. The minimum absolute atomic E-state index is 0.0133. The molecule has 0 saturated carbocycles. The number of hydrogen-bond acceptors (Lipinski definition) is 7. The molecule has 7 nitrogen and oxygen atoms in total. The van der Waals surface area contributed by atoms with Gasteiger partial charge in [-0.2, -0.15) is 5.26 Å². The minimum atomic E-state index is -0.625. The second-order valence-electron chi connectivity index (χ2n) is 9.52. The largest absolute Gasteiger partial charge is 0.489 e. The van der Waals surface area contributed by atoms with Gasteiger partial charge < -0.3 is 24.4 Å². The standard InChI is InChI=1S/C33H23ClN2O5/c1-19-24-7-3-5-9-28(24)40-31(19)33(37)39-23-14-15-25-29(16-23)41-32(36)26(17-35)30(25)20-10-12-22(13-11-20)38-18-21-6-2-4-8-27(21)34/h2-16,30H,18,36H2,1H3. The molecule has 1 atom stereocenters. The van der Waals surface area contributed by atoms with Crippen molar-refractivity contribution in [2.45, 2.75) is 19.4 Å². The molecule has 1 aromatic heterocycles.